The quantitative estimate of drug-likeness (QED) is 0.0359. The SMILES string of the molecule is O=C1C=CC(=O)N1CC1CCCCC1CCC1CCCCC1CCC1CCCCC1CCC1CCCCC1CCC1CCCCC1CCC1CCCCC1CCC1CCCCC1CCC1CCCCC1Cn1c(=O)c2cc3c(=O)n(CC4CC5C6CC(C5C4)C(n4c(=O)c5cc7c(=O)n(CC8CCCCC8CN8C(=O)C=CC8=O)c(=O)c7cc5c4=O)C6)c(=O)c3cc2c1=O. The molecule has 0 saturated heterocycles. The number of rotatable bonds is 32. The lowest BCUT2D eigenvalue weighted by atomic mass is 9.66. The molecule has 14 aliphatic rings. The fourth-order valence-electron chi connectivity index (χ4n) is 32.8. The molecule has 18 nitrogen and oxygen atoms in total. The summed E-state index contributed by atoms with van der Waals surface area (Å²) in [5.74, 6) is 12.1. The number of hydrogen-bond donors (Lipinski definition) is 0. The summed E-state index contributed by atoms with van der Waals surface area (Å²) >= 11 is 0. The van der Waals surface area contributed by atoms with Gasteiger partial charge in [0.2, 0.25) is 0 Å². The monoisotopic (exact) mass is 1760 g/mol. The molecule has 2 bridgehead atoms. The first-order chi connectivity index (χ1) is 62.9. The summed E-state index contributed by atoms with van der Waals surface area (Å²) in [5.41, 5.74) is -3.55. The molecule has 12 fully saturated rings. The van der Waals surface area contributed by atoms with E-state index in [1.807, 2.05) is 0 Å². The van der Waals surface area contributed by atoms with E-state index in [-0.39, 0.29) is 145 Å². The zero-order valence-corrected chi connectivity index (χ0v) is 77.8. The average molecular weight is 1760 g/mol. The minimum absolute atomic E-state index is 0.0106. The first-order valence-corrected chi connectivity index (χ1v) is 53.8. The Hall–Kier alpha value is -7.24. The number of nitrogens with zero attached hydrogens (tertiary/aromatic N) is 6. The van der Waals surface area contributed by atoms with Crippen LogP contribution in [0, 0.1) is 136 Å². The molecule has 18 heteroatoms. The van der Waals surface area contributed by atoms with Crippen molar-refractivity contribution >= 4 is 66.7 Å². The summed E-state index contributed by atoms with van der Waals surface area (Å²) in [4.78, 5) is 168. The number of carbonyl (C=O) groups is 4. The van der Waals surface area contributed by atoms with E-state index in [9.17, 15) is 57.5 Å². The number of fused-ring (bicyclic) bond motifs is 9. The van der Waals surface area contributed by atoms with E-state index in [1.54, 1.807) is 0 Å². The summed E-state index contributed by atoms with van der Waals surface area (Å²) in [6.45, 7) is 1.54. The Balaban J connectivity index is 0.418. The van der Waals surface area contributed by atoms with Gasteiger partial charge in [-0.15, -0.1) is 0 Å². The lowest BCUT2D eigenvalue weighted by Gasteiger charge is -2.39. The van der Waals surface area contributed by atoms with Crippen molar-refractivity contribution in [2.45, 2.75) is 372 Å². The van der Waals surface area contributed by atoms with Crippen molar-refractivity contribution < 1.29 is 19.2 Å². The van der Waals surface area contributed by atoms with Gasteiger partial charge in [0.1, 0.15) is 0 Å². The molecule has 4 aromatic heterocycles. The average Bonchev–Trinajstić information content (AvgIpc) is 1.55. The molecule has 2 aliphatic heterocycles. The summed E-state index contributed by atoms with van der Waals surface area (Å²) in [6.07, 6.45) is 75.1. The molecule has 129 heavy (non-hydrogen) atoms. The second-order valence-electron chi connectivity index (χ2n) is 46.2. The van der Waals surface area contributed by atoms with Gasteiger partial charge < -0.3 is 0 Å². The first-order valence-electron chi connectivity index (χ1n) is 53.8. The molecule has 2 aromatic carbocycles. The van der Waals surface area contributed by atoms with Crippen LogP contribution in [0.3, 0.4) is 0 Å². The van der Waals surface area contributed by atoms with Gasteiger partial charge in [-0.05, 0) is 302 Å². The first kappa shape index (κ1) is 89.6. The largest absolute Gasteiger partial charge is 0.275 e. The Bertz CT molecular complexity index is 5410. The van der Waals surface area contributed by atoms with E-state index < -0.39 is 33.4 Å². The third kappa shape index (κ3) is 18.3. The van der Waals surface area contributed by atoms with Crippen LogP contribution in [0.15, 0.2) is 86.9 Å². The summed E-state index contributed by atoms with van der Waals surface area (Å²) in [6, 6.07) is 5.57. The maximum atomic E-state index is 14.6. The number of carbonyl (C=O) groups excluding carboxylic acids is 4. The van der Waals surface area contributed by atoms with Crippen LogP contribution in [-0.4, -0.2) is 64.8 Å². The number of hydrogen-bond acceptors (Lipinski definition) is 12. The van der Waals surface area contributed by atoms with Crippen LogP contribution >= 0.6 is 0 Å². The Labute approximate surface area is 762 Å². The number of imide groups is 2. The number of amides is 4. The van der Waals surface area contributed by atoms with Gasteiger partial charge in [-0.2, -0.15) is 0 Å². The normalized spacial score (nSPS) is 34.7. The molecule has 6 aromatic rings. The van der Waals surface area contributed by atoms with Crippen molar-refractivity contribution in [2.24, 2.45) is 136 Å². The predicted molar refractivity (Wildman–Crippen MR) is 510 cm³/mol. The molecular weight excluding hydrogens is 1610 g/mol. The second-order valence-corrected chi connectivity index (χ2v) is 46.2. The summed E-state index contributed by atoms with van der Waals surface area (Å²) in [5, 5.41) is 1.25. The van der Waals surface area contributed by atoms with Gasteiger partial charge in [0, 0.05) is 63.1 Å². The van der Waals surface area contributed by atoms with Crippen LogP contribution in [0.2, 0.25) is 0 Å². The van der Waals surface area contributed by atoms with Gasteiger partial charge in [0.25, 0.3) is 68.1 Å². The molecule has 696 valence electrons. The number of aromatic nitrogens is 4. The highest BCUT2D eigenvalue weighted by molar-refractivity contribution is 6.13. The molecule has 20 rings (SSSR count). The highest BCUT2D eigenvalue weighted by Crippen LogP contribution is 2.64. The third-order valence-electron chi connectivity index (χ3n) is 39.8. The molecule has 6 heterocycles. The van der Waals surface area contributed by atoms with Gasteiger partial charge in [0.15, 0.2) is 0 Å². The van der Waals surface area contributed by atoms with Crippen LogP contribution in [-0.2, 0) is 38.8 Å². The fourth-order valence-corrected chi connectivity index (χ4v) is 32.8. The number of benzene rings is 2. The Kier molecular flexibility index (Phi) is 27.3. The van der Waals surface area contributed by atoms with E-state index in [1.165, 1.54) is 346 Å². The molecule has 4 amide bonds. The Morgan fingerprint density at radius 3 is 0.667 bits per heavy atom. The van der Waals surface area contributed by atoms with Crippen LogP contribution in [0.5, 0.6) is 0 Å². The third-order valence-corrected chi connectivity index (χ3v) is 39.8. The second kappa shape index (κ2) is 39.4. The van der Waals surface area contributed by atoms with E-state index in [2.05, 4.69) is 0 Å². The van der Waals surface area contributed by atoms with Crippen LogP contribution in [0.1, 0.15) is 353 Å². The van der Waals surface area contributed by atoms with E-state index >= 15 is 0 Å². The van der Waals surface area contributed by atoms with Crippen LogP contribution in [0.4, 0.5) is 0 Å². The molecule has 0 N–H and O–H groups in total. The Morgan fingerprint density at radius 1 is 0.202 bits per heavy atom. The van der Waals surface area contributed by atoms with Gasteiger partial charge >= 0.3 is 0 Å². The van der Waals surface area contributed by atoms with Crippen molar-refractivity contribution in [1.29, 1.82) is 0 Å². The van der Waals surface area contributed by atoms with Crippen molar-refractivity contribution in [3.05, 3.63) is 131 Å². The molecule has 24 atom stereocenters. The molecule has 12 saturated carbocycles. The van der Waals surface area contributed by atoms with Gasteiger partial charge in [-0.1, -0.05) is 205 Å². The zero-order valence-electron chi connectivity index (χ0n) is 77.8. The minimum Gasteiger partial charge on any atom is -0.275 e. The van der Waals surface area contributed by atoms with E-state index in [0.29, 0.717) is 43.2 Å². The maximum absolute atomic E-state index is 14.6. The Morgan fingerprint density at radius 2 is 0.403 bits per heavy atom. The van der Waals surface area contributed by atoms with Gasteiger partial charge in [0.05, 0.1) is 43.1 Å². The lowest BCUT2D eigenvalue weighted by Crippen LogP contribution is -2.41. The van der Waals surface area contributed by atoms with Crippen molar-refractivity contribution in [1.82, 2.24) is 28.1 Å². The van der Waals surface area contributed by atoms with E-state index in [4.69, 9.17) is 0 Å². The zero-order chi connectivity index (χ0) is 88.2. The molecule has 0 spiro atoms. The van der Waals surface area contributed by atoms with Gasteiger partial charge in [-0.25, -0.2) is 0 Å². The van der Waals surface area contributed by atoms with Gasteiger partial charge in [-0.3, -0.25) is 85.6 Å². The van der Waals surface area contributed by atoms with Crippen molar-refractivity contribution in [2.75, 3.05) is 13.1 Å². The van der Waals surface area contributed by atoms with Crippen molar-refractivity contribution in [3.63, 3.8) is 0 Å². The minimum atomic E-state index is -0.516. The predicted octanol–water partition coefficient (Wildman–Crippen LogP) is 20.6. The molecule has 24 unspecified atom stereocenters. The van der Waals surface area contributed by atoms with E-state index in [0.717, 1.165) is 142 Å². The highest BCUT2D eigenvalue weighted by Gasteiger charge is 2.57. The standard InChI is InChI=1S/C111H150N6O12/c118-100-51-52-101(119)112(100)64-83-33-15-13-31-81(83)49-47-79-29-11-9-27-77(79)45-43-75-25-7-5-23-73(75)41-39-71-21-3-1-19-69(71)37-38-70-20-2-4-22-72(70)40-42-74-24-6-8-26-76(74)44-46-78-28-10-12-30-80(78)48-50-82-32-14-16-34-84(82)66-115-106(124)93-59-91-92(60-94(93)107(115)125)105(123)114(104(91)122)63-68-55-88-87-57-90(89(88)56-68)99(58-87)117-110(128)97-61-95-96(62-98(97)111(117)129)109(127)116(108(95)126)67-86-36-18-17-35-85(86)65-113-102(120)53-54-103(113)121/h51-54,59-62,68-90,99H,1-50,55-58,63-67H2. The summed E-state index contributed by atoms with van der Waals surface area (Å²) < 4.78 is 5.37. The molecular formula is C111H150N6O12. The summed E-state index contributed by atoms with van der Waals surface area (Å²) in [7, 11) is 0. The topological polar surface area (TPSA) is 231 Å². The molecule has 12 aliphatic carbocycles. The lowest BCUT2D eigenvalue weighted by molar-refractivity contribution is -0.139. The fraction of sp³-hybridized carbons (Fsp3) is 0.748. The maximum Gasteiger partial charge on any atom is 0.261 e. The van der Waals surface area contributed by atoms with Crippen molar-refractivity contribution in [3.8, 4) is 0 Å². The van der Waals surface area contributed by atoms with Crippen LogP contribution in [0.25, 0.3) is 43.1 Å². The molecule has 0 radical (unpaired) electrons. The van der Waals surface area contributed by atoms with Crippen LogP contribution < -0.4 is 44.5 Å². The smallest absolute Gasteiger partial charge is 0.261 e. The highest BCUT2D eigenvalue weighted by atomic mass is 16.2.